The number of carbonyl (C=O) groups is 1. The van der Waals surface area contributed by atoms with Gasteiger partial charge in [-0.05, 0) is 0 Å². The first-order chi connectivity index (χ1) is 6.30. The Hall–Kier alpha value is -1.83. The Balaban J connectivity index is 0.000000145. The molecule has 0 spiro atoms. The van der Waals surface area contributed by atoms with E-state index in [1.54, 1.807) is 0 Å². The predicted octanol–water partition coefficient (Wildman–Crippen LogP) is 0.306. The van der Waals surface area contributed by atoms with Gasteiger partial charge in [0.25, 0.3) is 0 Å². The van der Waals surface area contributed by atoms with Crippen LogP contribution in [0.25, 0.3) is 0 Å². The molecule has 13 heavy (non-hydrogen) atoms. The molecule has 2 heterocycles. The molecular weight excluding hydrogens is 196 g/mol. The highest BCUT2D eigenvalue weighted by atomic mass is 32.1. The lowest BCUT2D eigenvalue weighted by molar-refractivity contribution is 0.0695. The Morgan fingerprint density at radius 2 is 2.08 bits per heavy atom. The molecule has 7 nitrogen and oxygen atoms in total. The van der Waals surface area contributed by atoms with Crippen molar-refractivity contribution in [3.8, 4) is 0 Å². The summed E-state index contributed by atoms with van der Waals surface area (Å²) in [6.45, 7) is 0. The maximum absolute atomic E-state index is 9.97. The molecule has 0 aliphatic rings. The number of rotatable bonds is 1. The zero-order valence-electron chi connectivity index (χ0n) is 6.19. The molecule has 68 valence electrons. The van der Waals surface area contributed by atoms with Crippen molar-refractivity contribution in [2.45, 2.75) is 0 Å². The number of hydrogen-bond acceptors (Lipinski definition) is 7. The monoisotopic (exact) mass is 200 g/mol. The van der Waals surface area contributed by atoms with Crippen LogP contribution in [-0.2, 0) is 0 Å². The Morgan fingerprint density at radius 3 is 2.31 bits per heavy atom. The van der Waals surface area contributed by atoms with E-state index >= 15 is 0 Å². The van der Waals surface area contributed by atoms with Crippen LogP contribution in [0, 0.1) is 0 Å². The van der Waals surface area contributed by atoms with E-state index in [-0.39, 0.29) is 5.01 Å². The van der Waals surface area contributed by atoms with Gasteiger partial charge in [-0.25, -0.2) is 4.79 Å². The second-order valence-corrected chi connectivity index (χ2v) is 2.46. The number of nitrogens with zero attached hydrogens (tertiary/aromatic N) is 4. The molecule has 0 saturated carbocycles. The van der Waals surface area contributed by atoms with Gasteiger partial charge in [-0.15, -0.1) is 20.4 Å². The molecule has 2 rings (SSSR count). The number of aromatic carboxylic acids is 1. The van der Waals surface area contributed by atoms with Crippen LogP contribution in [0.2, 0.25) is 0 Å². The summed E-state index contributed by atoms with van der Waals surface area (Å²) in [7, 11) is 0. The molecule has 1 N–H and O–H groups in total. The summed E-state index contributed by atoms with van der Waals surface area (Å²) in [6.07, 6.45) is 2.53. The molecule has 0 radical (unpaired) electrons. The summed E-state index contributed by atoms with van der Waals surface area (Å²) in [5, 5.41) is 21.4. The van der Waals surface area contributed by atoms with Crippen LogP contribution < -0.4 is 0 Å². The van der Waals surface area contributed by atoms with Crippen molar-refractivity contribution in [3.63, 3.8) is 0 Å². The number of carboxylic acid groups (broad SMARTS) is 1. The highest BCUT2D eigenvalue weighted by Gasteiger charge is 2.03. The predicted molar refractivity (Wildman–Crippen MR) is 41.2 cm³/mol. The maximum Gasteiger partial charge on any atom is 0.367 e. The van der Waals surface area contributed by atoms with E-state index in [4.69, 9.17) is 5.11 Å². The summed E-state index contributed by atoms with van der Waals surface area (Å²) in [5.41, 5.74) is 1.38. The van der Waals surface area contributed by atoms with E-state index in [0.29, 0.717) is 0 Å². The van der Waals surface area contributed by atoms with Crippen LogP contribution in [0.4, 0.5) is 0 Å². The molecule has 2 aromatic heterocycles. The lowest BCUT2D eigenvalue weighted by Crippen LogP contribution is -1.93. The highest BCUT2D eigenvalue weighted by molar-refractivity contribution is 7.11. The van der Waals surface area contributed by atoms with Crippen molar-refractivity contribution in [2.24, 2.45) is 0 Å². The molecule has 0 fully saturated rings. The summed E-state index contributed by atoms with van der Waals surface area (Å²) >= 11 is 1.01. The van der Waals surface area contributed by atoms with Gasteiger partial charge in [0.1, 0.15) is 5.51 Å². The van der Waals surface area contributed by atoms with Crippen LogP contribution in [0.1, 0.15) is 9.80 Å². The van der Waals surface area contributed by atoms with Crippen LogP contribution in [0.3, 0.4) is 0 Å². The van der Waals surface area contributed by atoms with Gasteiger partial charge in [0.05, 0.1) is 0 Å². The van der Waals surface area contributed by atoms with Crippen molar-refractivity contribution in [1.82, 2.24) is 20.4 Å². The number of carboxylic acids is 1. The summed E-state index contributed by atoms with van der Waals surface area (Å²) < 4.78 is 4.36. The number of hydrogen-bond donors (Lipinski definition) is 1. The van der Waals surface area contributed by atoms with E-state index in [2.05, 4.69) is 24.8 Å². The molecule has 0 atom stereocenters. The fraction of sp³-hybridized carbons (Fsp3) is 0. The van der Waals surface area contributed by atoms with Crippen molar-refractivity contribution in [1.29, 1.82) is 0 Å². The number of aromatic nitrogens is 4. The average Bonchev–Trinajstić information content (AvgIpc) is 2.82. The van der Waals surface area contributed by atoms with E-state index in [1.165, 1.54) is 18.3 Å². The second-order valence-electron chi connectivity index (χ2n) is 1.63. The second kappa shape index (κ2) is 4.93. The van der Waals surface area contributed by atoms with Crippen LogP contribution in [-0.4, -0.2) is 31.5 Å². The van der Waals surface area contributed by atoms with Gasteiger partial charge in [0, 0.05) is 0 Å². The molecule has 0 amide bonds. The SMILES string of the molecule is O=C(O)c1nncs1.c1nnco1. The van der Waals surface area contributed by atoms with Gasteiger partial charge >= 0.3 is 5.97 Å². The van der Waals surface area contributed by atoms with Crippen LogP contribution >= 0.6 is 11.3 Å². The molecule has 0 bridgehead atoms. The average molecular weight is 200 g/mol. The first-order valence-electron chi connectivity index (χ1n) is 2.99. The van der Waals surface area contributed by atoms with E-state index in [1.807, 2.05) is 0 Å². The third-order valence-electron chi connectivity index (χ3n) is 0.826. The maximum atomic E-state index is 9.97. The quantitative estimate of drug-likeness (QED) is 0.706. The van der Waals surface area contributed by atoms with Crippen molar-refractivity contribution in [3.05, 3.63) is 23.3 Å². The molecule has 2 aromatic rings. The minimum absolute atomic E-state index is 0.0324. The largest absolute Gasteiger partial charge is 0.476 e. The molecule has 0 aliphatic heterocycles. The third-order valence-corrected chi connectivity index (χ3v) is 1.50. The standard InChI is InChI=1S/C3H2N2O2S.C2H2N2O/c6-3(7)2-5-4-1-8-2;1-3-4-2-5-1/h1H,(H,6,7);1-2H. The Labute approximate surface area is 76.1 Å². The summed E-state index contributed by atoms with van der Waals surface area (Å²) in [6, 6.07) is 0. The Kier molecular flexibility index (Phi) is 3.51. The topological polar surface area (TPSA) is 102 Å². The zero-order valence-corrected chi connectivity index (χ0v) is 7.01. The first kappa shape index (κ1) is 9.26. The first-order valence-corrected chi connectivity index (χ1v) is 3.87. The Morgan fingerprint density at radius 1 is 1.38 bits per heavy atom. The van der Waals surface area contributed by atoms with Gasteiger partial charge in [0.2, 0.25) is 17.8 Å². The smallest absolute Gasteiger partial charge is 0.367 e. The van der Waals surface area contributed by atoms with Gasteiger partial charge in [-0.3, -0.25) is 0 Å². The van der Waals surface area contributed by atoms with Gasteiger partial charge < -0.3 is 9.52 Å². The lowest BCUT2D eigenvalue weighted by Gasteiger charge is -1.75. The van der Waals surface area contributed by atoms with Crippen molar-refractivity contribution in [2.75, 3.05) is 0 Å². The highest BCUT2D eigenvalue weighted by Crippen LogP contribution is 1.98. The zero-order chi connectivity index (χ0) is 9.52. The summed E-state index contributed by atoms with van der Waals surface area (Å²) in [5.74, 6) is -1.02. The van der Waals surface area contributed by atoms with Crippen molar-refractivity contribution < 1.29 is 14.3 Å². The van der Waals surface area contributed by atoms with E-state index in [9.17, 15) is 4.79 Å². The van der Waals surface area contributed by atoms with Crippen molar-refractivity contribution >= 4 is 17.3 Å². The molecule has 0 aromatic carbocycles. The molecule has 0 unspecified atom stereocenters. The van der Waals surface area contributed by atoms with E-state index in [0.717, 1.165) is 11.3 Å². The van der Waals surface area contributed by atoms with Gasteiger partial charge in [-0.1, -0.05) is 11.3 Å². The molecule has 0 aliphatic carbocycles. The lowest BCUT2D eigenvalue weighted by atomic mass is 10.7. The minimum Gasteiger partial charge on any atom is -0.476 e. The molecule has 8 heteroatoms. The third kappa shape index (κ3) is 3.38. The van der Waals surface area contributed by atoms with Crippen LogP contribution in [0.5, 0.6) is 0 Å². The molecule has 0 saturated heterocycles. The fourth-order valence-electron chi connectivity index (χ4n) is 0.402. The van der Waals surface area contributed by atoms with E-state index < -0.39 is 5.97 Å². The van der Waals surface area contributed by atoms with Crippen LogP contribution in [0.15, 0.2) is 22.7 Å². The van der Waals surface area contributed by atoms with Gasteiger partial charge in [0.15, 0.2) is 0 Å². The fourth-order valence-corrected chi connectivity index (χ4v) is 0.792. The van der Waals surface area contributed by atoms with Gasteiger partial charge in [-0.2, -0.15) is 0 Å². The Bertz CT molecular complexity index is 315. The summed E-state index contributed by atoms with van der Waals surface area (Å²) in [4.78, 5) is 9.97. The normalized spacial score (nSPS) is 8.62. The minimum atomic E-state index is -1.02. The molecular formula is C5H4N4O3S.